The van der Waals surface area contributed by atoms with Gasteiger partial charge in [0, 0.05) is 37.6 Å². The lowest BCUT2D eigenvalue weighted by molar-refractivity contribution is -0.144. The number of methoxy groups -OCH3 is 1. The SMILES string of the molecule is COC1(c2cccc(C(N)=O)c2)C2CCCC1CNC2. The Morgan fingerprint density at radius 3 is 2.65 bits per heavy atom. The van der Waals surface area contributed by atoms with Crippen LogP contribution in [0.4, 0.5) is 0 Å². The molecule has 20 heavy (non-hydrogen) atoms. The first-order valence-corrected chi connectivity index (χ1v) is 7.34. The summed E-state index contributed by atoms with van der Waals surface area (Å²) < 4.78 is 6.07. The summed E-state index contributed by atoms with van der Waals surface area (Å²) in [6.45, 7) is 1.95. The first-order valence-electron chi connectivity index (χ1n) is 7.34. The van der Waals surface area contributed by atoms with Crippen LogP contribution in [-0.2, 0) is 10.3 Å². The van der Waals surface area contributed by atoms with Gasteiger partial charge in [-0.05, 0) is 30.5 Å². The van der Waals surface area contributed by atoms with E-state index in [1.165, 1.54) is 6.42 Å². The van der Waals surface area contributed by atoms with Crippen molar-refractivity contribution in [1.29, 1.82) is 0 Å². The molecule has 0 radical (unpaired) electrons. The first kappa shape index (κ1) is 13.6. The Hall–Kier alpha value is -1.39. The molecule has 1 amide bonds. The van der Waals surface area contributed by atoms with Crippen molar-refractivity contribution in [2.45, 2.75) is 24.9 Å². The van der Waals surface area contributed by atoms with E-state index in [1.54, 1.807) is 13.2 Å². The van der Waals surface area contributed by atoms with E-state index in [4.69, 9.17) is 10.5 Å². The molecule has 1 aliphatic carbocycles. The standard InChI is InChI=1S/C16H22N2O2/c1-20-16(12-5-2-4-11(8-12)15(17)19)13-6-3-7-14(16)10-18-9-13/h2,4-5,8,13-14,18H,3,6-7,9-10H2,1H3,(H2,17,19). The van der Waals surface area contributed by atoms with Crippen molar-refractivity contribution < 1.29 is 9.53 Å². The third kappa shape index (κ3) is 1.95. The lowest BCUT2D eigenvalue weighted by Crippen LogP contribution is -2.57. The van der Waals surface area contributed by atoms with Crippen LogP contribution in [0.5, 0.6) is 0 Å². The van der Waals surface area contributed by atoms with Crippen LogP contribution in [0, 0.1) is 11.8 Å². The average molecular weight is 274 g/mol. The van der Waals surface area contributed by atoms with Crippen LogP contribution < -0.4 is 11.1 Å². The van der Waals surface area contributed by atoms with E-state index in [-0.39, 0.29) is 11.5 Å². The summed E-state index contributed by atoms with van der Waals surface area (Å²) >= 11 is 0. The fraction of sp³-hybridized carbons (Fsp3) is 0.562. The number of fused-ring (bicyclic) bond motifs is 2. The van der Waals surface area contributed by atoms with Gasteiger partial charge < -0.3 is 15.8 Å². The van der Waals surface area contributed by atoms with E-state index >= 15 is 0 Å². The largest absolute Gasteiger partial charge is 0.373 e. The molecule has 4 nitrogen and oxygen atoms in total. The highest BCUT2D eigenvalue weighted by Crippen LogP contribution is 2.49. The minimum Gasteiger partial charge on any atom is -0.373 e. The molecule has 2 atom stereocenters. The number of nitrogens with two attached hydrogens (primary N) is 1. The Morgan fingerprint density at radius 2 is 2.05 bits per heavy atom. The van der Waals surface area contributed by atoms with E-state index in [9.17, 15) is 4.79 Å². The number of hydrogen-bond donors (Lipinski definition) is 2. The molecule has 1 saturated carbocycles. The molecule has 2 fully saturated rings. The molecule has 1 heterocycles. The van der Waals surface area contributed by atoms with Crippen LogP contribution in [0.1, 0.15) is 35.2 Å². The van der Waals surface area contributed by atoms with Crippen molar-refractivity contribution in [3.8, 4) is 0 Å². The quantitative estimate of drug-likeness (QED) is 0.881. The molecule has 0 spiro atoms. The van der Waals surface area contributed by atoms with Crippen molar-refractivity contribution in [3.63, 3.8) is 0 Å². The Morgan fingerprint density at radius 1 is 1.35 bits per heavy atom. The van der Waals surface area contributed by atoms with E-state index in [1.807, 2.05) is 12.1 Å². The summed E-state index contributed by atoms with van der Waals surface area (Å²) in [5.41, 5.74) is 6.82. The fourth-order valence-electron chi connectivity index (χ4n) is 4.15. The maximum absolute atomic E-state index is 11.4. The topological polar surface area (TPSA) is 64.3 Å². The molecule has 1 aliphatic heterocycles. The number of carbonyl (C=O) groups excluding carboxylic acids is 1. The predicted octanol–water partition coefficient (Wildman–Crippen LogP) is 1.65. The average Bonchev–Trinajstić information content (AvgIpc) is 2.46. The second kappa shape index (κ2) is 5.19. The Kier molecular flexibility index (Phi) is 3.52. The summed E-state index contributed by atoms with van der Waals surface area (Å²) in [6, 6.07) is 7.68. The Labute approximate surface area is 119 Å². The van der Waals surface area contributed by atoms with Crippen LogP contribution in [0.15, 0.2) is 24.3 Å². The lowest BCUT2D eigenvalue weighted by atomic mass is 9.63. The van der Waals surface area contributed by atoms with E-state index in [2.05, 4.69) is 11.4 Å². The van der Waals surface area contributed by atoms with Gasteiger partial charge in [0.1, 0.15) is 5.60 Å². The highest BCUT2D eigenvalue weighted by atomic mass is 16.5. The van der Waals surface area contributed by atoms with Crippen molar-refractivity contribution in [2.24, 2.45) is 17.6 Å². The molecular formula is C16H22N2O2. The molecule has 1 saturated heterocycles. The number of carbonyl (C=O) groups is 1. The van der Waals surface area contributed by atoms with Gasteiger partial charge >= 0.3 is 0 Å². The van der Waals surface area contributed by atoms with Gasteiger partial charge in [-0.3, -0.25) is 4.79 Å². The van der Waals surface area contributed by atoms with Crippen molar-refractivity contribution in [3.05, 3.63) is 35.4 Å². The van der Waals surface area contributed by atoms with Gasteiger partial charge in [-0.1, -0.05) is 18.6 Å². The number of piperidine rings is 1. The van der Waals surface area contributed by atoms with Crippen LogP contribution in [-0.4, -0.2) is 26.1 Å². The Balaban J connectivity index is 2.08. The zero-order valence-electron chi connectivity index (χ0n) is 11.9. The number of hydrogen-bond acceptors (Lipinski definition) is 3. The minimum absolute atomic E-state index is 0.269. The van der Waals surface area contributed by atoms with Crippen molar-refractivity contribution >= 4 is 5.91 Å². The van der Waals surface area contributed by atoms with Gasteiger partial charge in [-0.25, -0.2) is 0 Å². The predicted molar refractivity (Wildman–Crippen MR) is 77.3 cm³/mol. The molecule has 3 N–H and O–H groups in total. The molecule has 1 aromatic rings. The summed E-state index contributed by atoms with van der Waals surface area (Å²) in [6.07, 6.45) is 3.59. The number of rotatable bonds is 3. The van der Waals surface area contributed by atoms with Crippen molar-refractivity contribution in [2.75, 3.05) is 20.2 Å². The zero-order chi connectivity index (χ0) is 14.2. The van der Waals surface area contributed by atoms with Crippen LogP contribution in [0.2, 0.25) is 0 Å². The fourth-order valence-corrected chi connectivity index (χ4v) is 4.15. The van der Waals surface area contributed by atoms with Crippen molar-refractivity contribution in [1.82, 2.24) is 5.32 Å². The third-order valence-electron chi connectivity index (χ3n) is 5.04. The molecule has 1 aromatic carbocycles. The second-order valence-electron chi connectivity index (χ2n) is 5.93. The van der Waals surface area contributed by atoms with Crippen LogP contribution >= 0.6 is 0 Å². The normalized spacial score (nSPS) is 32.9. The minimum atomic E-state index is -0.378. The number of nitrogens with one attached hydrogen (secondary N) is 1. The Bertz CT molecular complexity index is 493. The summed E-state index contributed by atoms with van der Waals surface area (Å²) in [5.74, 6) is 0.545. The first-order chi connectivity index (χ1) is 9.68. The summed E-state index contributed by atoms with van der Waals surface area (Å²) in [4.78, 5) is 11.4. The molecule has 2 aliphatic rings. The van der Waals surface area contributed by atoms with Gasteiger partial charge in [-0.15, -0.1) is 0 Å². The number of primary amides is 1. The van der Waals surface area contributed by atoms with Crippen LogP contribution in [0.3, 0.4) is 0 Å². The highest BCUT2D eigenvalue weighted by Gasteiger charge is 2.51. The van der Waals surface area contributed by atoms with Gasteiger partial charge in [0.05, 0.1) is 0 Å². The molecule has 2 bridgehead atoms. The molecule has 4 heteroatoms. The lowest BCUT2D eigenvalue weighted by Gasteiger charge is -2.52. The van der Waals surface area contributed by atoms with Gasteiger partial charge in [0.15, 0.2) is 0 Å². The smallest absolute Gasteiger partial charge is 0.248 e. The number of benzene rings is 1. The molecule has 108 valence electrons. The maximum Gasteiger partial charge on any atom is 0.248 e. The summed E-state index contributed by atoms with van der Waals surface area (Å²) in [5, 5.41) is 3.51. The molecule has 3 rings (SSSR count). The van der Waals surface area contributed by atoms with E-state index < -0.39 is 0 Å². The van der Waals surface area contributed by atoms with Gasteiger partial charge in [0.25, 0.3) is 0 Å². The number of ether oxygens (including phenoxy) is 1. The molecule has 2 unspecified atom stereocenters. The zero-order valence-corrected chi connectivity index (χ0v) is 11.9. The molecule has 0 aromatic heterocycles. The van der Waals surface area contributed by atoms with E-state index in [0.717, 1.165) is 31.5 Å². The summed E-state index contributed by atoms with van der Waals surface area (Å²) in [7, 11) is 1.80. The number of amides is 1. The van der Waals surface area contributed by atoms with E-state index in [0.29, 0.717) is 17.4 Å². The van der Waals surface area contributed by atoms with Gasteiger partial charge in [-0.2, -0.15) is 0 Å². The second-order valence-corrected chi connectivity index (χ2v) is 5.93. The van der Waals surface area contributed by atoms with Crippen LogP contribution in [0.25, 0.3) is 0 Å². The van der Waals surface area contributed by atoms with Gasteiger partial charge in [0.2, 0.25) is 5.91 Å². The third-order valence-corrected chi connectivity index (χ3v) is 5.04. The molecular weight excluding hydrogens is 252 g/mol. The maximum atomic E-state index is 11.4. The highest BCUT2D eigenvalue weighted by molar-refractivity contribution is 5.92. The monoisotopic (exact) mass is 274 g/mol.